The van der Waals surface area contributed by atoms with Gasteiger partial charge in [-0.2, -0.15) is 0 Å². The molecule has 1 N–H and O–H groups in total. The summed E-state index contributed by atoms with van der Waals surface area (Å²) in [4.78, 5) is 12.3. The minimum atomic E-state index is -0.112. The molecule has 3 aromatic carbocycles. The molecule has 0 amide bonds. The molecular weight excluding hydrogens is 312 g/mol. The van der Waals surface area contributed by atoms with Crippen molar-refractivity contribution in [1.29, 1.82) is 0 Å². The summed E-state index contributed by atoms with van der Waals surface area (Å²) in [7, 11) is 0. The van der Waals surface area contributed by atoms with Crippen molar-refractivity contribution >= 4 is 17.4 Å². The third-order valence-electron chi connectivity index (χ3n) is 3.28. The van der Waals surface area contributed by atoms with Crippen LogP contribution in [0, 0.1) is 0 Å². The van der Waals surface area contributed by atoms with E-state index in [9.17, 15) is 9.90 Å². The van der Waals surface area contributed by atoms with Crippen LogP contribution in [0.25, 0.3) is 0 Å². The number of benzene rings is 3. The number of ether oxygens (including phenoxy) is 1. The summed E-state index contributed by atoms with van der Waals surface area (Å²) in [5.41, 5.74) is 1.07. The van der Waals surface area contributed by atoms with Gasteiger partial charge in [0.05, 0.1) is 0 Å². The molecule has 114 valence electrons. The molecule has 0 heterocycles. The van der Waals surface area contributed by atoms with E-state index in [-0.39, 0.29) is 11.5 Å². The van der Waals surface area contributed by atoms with Gasteiger partial charge in [-0.3, -0.25) is 4.79 Å². The number of hydrogen-bond acceptors (Lipinski definition) is 3. The lowest BCUT2D eigenvalue weighted by atomic mass is 10.0. The Morgan fingerprint density at radius 2 is 1.43 bits per heavy atom. The molecule has 3 nitrogen and oxygen atoms in total. The van der Waals surface area contributed by atoms with Gasteiger partial charge in [0.2, 0.25) is 0 Å². The zero-order valence-electron chi connectivity index (χ0n) is 12.1. The van der Waals surface area contributed by atoms with Crippen LogP contribution in [0.5, 0.6) is 17.2 Å². The first-order valence-electron chi connectivity index (χ1n) is 6.99. The molecule has 23 heavy (non-hydrogen) atoms. The number of carbonyl (C=O) groups excluding carboxylic acids is 1. The molecule has 0 radical (unpaired) electrons. The number of rotatable bonds is 4. The Kier molecular flexibility index (Phi) is 4.31. The number of carbonyl (C=O) groups is 1. The van der Waals surface area contributed by atoms with Crippen LogP contribution in [0.4, 0.5) is 0 Å². The molecule has 3 rings (SSSR count). The lowest BCUT2D eigenvalue weighted by Crippen LogP contribution is -2.00. The number of phenols is 1. The number of aromatic hydroxyl groups is 1. The summed E-state index contributed by atoms with van der Waals surface area (Å²) in [6.07, 6.45) is 0. The Labute approximate surface area is 138 Å². The van der Waals surface area contributed by atoms with Crippen LogP contribution in [0.2, 0.25) is 5.02 Å². The minimum Gasteiger partial charge on any atom is -0.508 e. The van der Waals surface area contributed by atoms with Crippen LogP contribution in [0.1, 0.15) is 15.9 Å². The molecule has 0 atom stereocenters. The zero-order valence-corrected chi connectivity index (χ0v) is 12.8. The first kappa shape index (κ1) is 15.1. The minimum absolute atomic E-state index is 0.112. The molecule has 0 spiro atoms. The molecule has 0 saturated heterocycles. The topological polar surface area (TPSA) is 46.5 Å². The van der Waals surface area contributed by atoms with Gasteiger partial charge >= 0.3 is 0 Å². The average molecular weight is 325 g/mol. The van der Waals surface area contributed by atoms with Crippen LogP contribution in [0.15, 0.2) is 72.8 Å². The fourth-order valence-electron chi connectivity index (χ4n) is 2.12. The Morgan fingerprint density at radius 1 is 0.826 bits per heavy atom. The van der Waals surface area contributed by atoms with Gasteiger partial charge in [0.1, 0.15) is 17.2 Å². The number of phenolic OH excluding ortho intramolecular Hbond substituents is 1. The SMILES string of the molecule is O=C(c1ccc(O)cc1)c1ccc(Oc2cccc(Cl)c2)cc1. The lowest BCUT2D eigenvalue weighted by Gasteiger charge is -2.07. The molecule has 0 saturated carbocycles. The number of halogens is 1. The number of ketones is 1. The van der Waals surface area contributed by atoms with Gasteiger partial charge < -0.3 is 9.84 Å². The molecular formula is C19H13ClO3. The molecule has 0 unspecified atom stereocenters. The third-order valence-corrected chi connectivity index (χ3v) is 3.51. The summed E-state index contributed by atoms with van der Waals surface area (Å²) in [6, 6.07) is 20.1. The predicted octanol–water partition coefficient (Wildman–Crippen LogP) is 5.07. The van der Waals surface area contributed by atoms with E-state index in [2.05, 4.69) is 0 Å². The Bertz CT molecular complexity index is 824. The van der Waals surface area contributed by atoms with E-state index in [1.54, 1.807) is 60.7 Å². The van der Waals surface area contributed by atoms with E-state index in [4.69, 9.17) is 16.3 Å². The normalized spacial score (nSPS) is 10.3. The van der Waals surface area contributed by atoms with Crippen molar-refractivity contribution in [2.45, 2.75) is 0 Å². The highest BCUT2D eigenvalue weighted by atomic mass is 35.5. The van der Waals surface area contributed by atoms with Crippen molar-refractivity contribution in [3.05, 3.63) is 88.9 Å². The maximum atomic E-state index is 12.3. The lowest BCUT2D eigenvalue weighted by molar-refractivity contribution is 0.103. The van der Waals surface area contributed by atoms with Gasteiger partial charge in [0.25, 0.3) is 0 Å². The zero-order chi connectivity index (χ0) is 16.2. The quantitative estimate of drug-likeness (QED) is 0.682. The maximum absolute atomic E-state index is 12.3. The highest BCUT2D eigenvalue weighted by molar-refractivity contribution is 6.30. The van der Waals surface area contributed by atoms with Gasteiger partial charge in [0.15, 0.2) is 5.78 Å². The Balaban J connectivity index is 1.76. The van der Waals surface area contributed by atoms with E-state index in [0.717, 1.165) is 0 Å². The molecule has 0 fully saturated rings. The smallest absolute Gasteiger partial charge is 0.193 e. The van der Waals surface area contributed by atoms with E-state index in [1.807, 2.05) is 0 Å². The summed E-state index contributed by atoms with van der Waals surface area (Å²) in [6.45, 7) is 0. The van der Waals surface area contributed by atoms with Gasteiger partial charge in [0, 0.05) is 16.1 Å². The van der Waals surface area contributed by atoms with Crippen LogP contribution in [-0.4, -0.2) is 10.9 Å². The van der Waals surface area contributed by atoms with Gasteiger partial charge in [-0.05, 0) is 66.7 Å². The number of hydrogen-bond donors (Lipinski definition) is 1. The molecule has 0 aliphatic heterocycles. The second-order valence-corrected chi connectivity index (χ2v) is 5.40. The second-order valence-electron chi connectivity index (χ2n) is 4.96. The largest absolute Gasteiger partial charge is 0.508 e. The predicted molar refractivity (Wildman–Crippen MR) is 89.5 cm³/mol. The highest BCUT2D eigenvalue weighted by Gasteiger charge is 2.09. The molecule has 4 heteroatoms. The van der Waals surface area contributed by atoms with Crippen molar-refractivity contribution in [1.82, 2.24) is 0 Å². The van der Waals surface area contributed by atoms with E-state index >= 15 is 0 Å². The van der Waals surface area contributed by atoms with Crippen molar-refractivity contribution in [2.75, 3.05) is 0 Å². The van der Waals surface area contributed by atoms with Gasteiger partial charge in [-0.1, -0.05) is 17.7 Å². The van der Waals surface area contributed by atoms with Crippen LogP contribution in [-0.2, 0) is 0 Å². The Hall–Kier alpha value is -2.78. The van der Waals surface area contributed by atoms with Crippen molar-refractivity contribution < 1.29 is 14.6 Å². The second kappa shape index (κ2) is 6.55. The average Bonchev–Trinajstić information content (AvgIpc) is 2.56. The first-order chi connectivity index (χ1) is 11.1. The summed E-state index contributed by atoms with van der Waals surface area (Å²) < 4.78 is 5.69. The monoisotopic (exact) mass is 324 g/mol. The fourth-order valence-corrected chi connectivity index (χ4v) is 2.30. The standard InChI is InChI=1S/C19H13ClO3/c20-15-2-1-3-18(12-15)23-17-10-6-14(7-11-17)19(22)13-4-8-16(21)9-5-13/h1-12,21H. The maximum Gasteiger partial charge on any atom is 0.193 e. The molecule has 0 aromatic heterocycles. The summed E-state index contributed by atoms with van der Waals surface area (Å²) in [5, 5.41) is 9.87. The van der Waals surface area contributed by atoms with Crippen LogP contribution >= 0.6 is 11.6 Å². The van der Waals surface area contributed by atoms with E-state index in [1.165, 1.54) is 12.1 Å². The molecule has 0 aliphatic carbocycles. The molecule has 3 aromatic rings. The fraction of sp³-hybridized carbons (Fsp3) is 0. The van der Waals surface area contributed by atoms with E-state index < -0.39 is 0 Å². The molecule has 0 aliphatic rings. The summed E-state index contributed by atoms with van der Waals surface area (Å²) >= 11 is 5.91. The highest BCUT2D eigenvalue weighted by Crippen LogP contribution is 2.25. The summed E-state index contributed by atoms with van der Waals surface area (Å²) in [5.74, 6) is 1.27. The molecule has 0 bridgehead atoms. The Morgan fingerprint density at radius 3 is 2.04 bits per heavy atom. The van der Waals surface area contributed by atoms with Crippen molar-refractivity contribution in [2.24, 2.45) is 0 Å². The van der Waals surface area contributed by atoms with Crippen molar-refractivity contribution in [3.8, 4) is 17.2 Å². The van der Waals surface area contributed by atoms with Gasteiger partial charge in [-0.15, -0.1) is 0 Å². The first-order valence-corrected chi connectivity index (χ1v) is 7.37. The van der Waals surface area contributed by atoms with Crippen molar-refractivity contribution in [3.63, 3.8) is 0 Å². The van der Waals surface area contributed by atoms with Gasteiger partial charge in [-0.25, -0.2) is 0 Å². The van der Waals surface area contributed by atoms with Crippen LogP contribution < -0.4 is 4.74 Å². The van der Waals surface area contributed by atoms with Crippen LogP contribution in [0.3, 0.4) is 0 Å². The van der Waals surface area contributed by atoms with E-state index in [0.29, 0.717) is 27.6 Å². The third kappa shape index (κ3) is 3.71.